The molecule has 11 heteroatoms. The van der Waals surface area contributed by atoms with Crippen LogP contribution in [0.4, 0.5) is 0 Å². The number of aromatic nitrogens is 3. The van der Waals surface area contributed by atoms with E-state index in [4.69, 9.17) is 4.74 Å². The molecule has 0 aromatic carbocycles. The van der Waals surface area contributed by atoms with Crippen LogP contribution in [0.5, 0.6) is 0 Å². The number of rotatable bonds is 4. The molecule has 1 saturated heterocycles. The normalized spacial score (nSPS) is 25.3. The number of aromatic amines is 1. The summed E-state index contributed by atoms with van der Waals surface area (Å²) in [7, 11) is 0. The number of aliphatic hydroxyl groups excluding tert-OH is 2. The molecule has 0 radical (unpaired) electrons. The first kappa shape index (κ1) is 19.4. The lowest BCUT2D eigenvalue weighted by molar-refractivity contribution is -0.152. The summed E-state index contributed by atoms with van der Waals surface area (Å²) >= 11 is 1.39. The van der Waals surface area contributed by atoms with Crippen LogP contribution in [-0.4, -0.2) is 61.6 Å². The van der Waals surface area contributed by atoms with Gasteiger partial charge in [-0.2, -0.15) is 0 Å². The molecule has 1 aliphatic rings. The Morgan fingerprint density at radius 1 is 1.41 bits per heavy atom. The number of ether oxygens (including phenoxy) is 1. The van der Waals surface area contributed by atoms with E-state index >= 15 is 0 Å². The van der Waals surface area contributed by atoms with E-state index < -0.39 is 41.5 Å². The van der Waals surface area contributed by atoms with Crippen molar-refractivity contribution in [2.75, 3.05) is 6.61 Å². The van der Waals surface area contributed by atoms with E-state index in [0.717, 1.165) is 9.88 Å². The first-order chi connectivity index (χ1) is 12.8. The quantitative estimate of drug-likeness (QED) is 0.493. The maximum absolute atomic E-state index is 12.4. The summed E-state index contributed by atoms with van der Waals surface area (Å²) in [5.41, 5.74) is -0.893. The van der Waals surface area contributed by atoms with Gasteiger partial charge in [-0.25, -0.2) is 9.78 Å². The third-order valence-electron chi connectivity index (χ3n) is 4.34. The Bertz CT molecular complexity index is 951. The zero-order valence-electron chi connectivity index (χ0n) is 14.7. The van der Waals surface area contributed by atoms with Crippen LogP contribution in [0.1, 0.15) is 20.4 Å². The second-order valence-corrected chi connectivity index (χ2v) is 7.74. The van der Waals surface area contributed by atoms with Crippen LogP contribution >= 0.6 is 11.3 Å². The van der Waals surface area contributed by atoms with Crippen LogP contribution in [0.2, 0.25) is 0 Å². The number of nitrogens with one attached hydrogen (secondary N) is 2. The molecular weight excluding hydrogens is 376 g/mol. The predicted octanol–water partition coefficient (Wildman–Crippen LogP) is -1.47. The summed E-state index contributed by atoms with van der Waals surface area (Å²) in [4.78, 5) is 42.2. The molecule has 1 aliphatic heterocycles. The molecule has 0 spiro atoms. The zero-order valence-corrected chi connectivity index (χ0v) is 15.5. The topological polar surface area (TPSA) is 147 Å². The molecular formula is C16H20N4O6S. The molecule has 3 rings (SSSR count). The molecule has 0 unspecified atom stereocenters. The Kier molecular flexibility index (Phi) is 5.56. The van der Waals surface area contributed by atoms with E-state index in [1.54, 1.807) is 13.8 Å². The highest BCUT2D eigenvalue weighted by Gasteiger charge is 2.39. The van der Waals surface area contributed by atoms with Gasteiger partial charge in [0, 0.05) is 17.1 Å². The lowest BCUT2D eigenvalue weighted by Crippen LogP contribution is -2.60. The Hall–Kier alpha value is -2.34. The number of aliphatic hydroxyl groups is 2. The van der Waals surface area contributed by atoms with Gasteiger partial charge in [-0.15, -0.1) is 11.3 Å². The van der Waals surface area contributed by atoms with Crippen molar-refractivity contribution in [1.82, 2.24) is 19.9 Å². The number of nitrogens with zero attached hydrogens (tertiary/aromatic N) is 2. The third-order valence-corrected chi connectivity index (χ3v) is 5.23. The second kappa shape index (κ2) is 7.72. The molecule has 0 saturated carbocycles. The van der Waals surface area contributed by atoms with E-state index in [1.807, 2.05) is 0 Å². The van der Waals surface area contributed by atoms with Crippen LogP contribution in [0.15, 0.2) is 21.9 Å². The predicted molar refractivity (Wildman–Crippen MR) is 95.9 cm³/mol. The SMILES string of the molecule is Cc1nc(C(=O)N[C@@H]2CO[C@H](Cn3ccc(=O)[nH]c3=O)[C@@H](O)[C@H]2O)c(C)s1. The highest BCUT2D eigenvalue weighted by atomic mass is 32.1. The fourth-order valence-corrected chi connectivity index (χ4v) is 3.74. The van der Waals surface area contributed by atoms with E-state index in [2.05, 4.69) is 15.3 Å². The number of amides is 1. The smallest absolute Gasteiger partial charge is 0.328 e. The highest BCUT2D eigenvalue weighted by molar-refractivity contribution is 7.11. The summed E-state index contributed by atoms with van der Waals surface area (Å²) in [6.07, 6.45) is -2.21. The van der Waals surface area contributed by atoms with Gasteiger partial charge < -0.3 is 20.3 Å². The Balaban J connectivity index is 1.66. The molecule has 4 atom stereocenters. The van der Waals surface area contributed by atoms with Crippen molar-refractivity contribution in [3.63, 3.8) is 0 Å². The molecule has 1 fully saturated rings. The summed E-state index contributed by atoms with van der Waals surface area (Å²) in [5.74, 6) is -0.452. The molecule has 0 aliphatic carbocycles. The first-order valence-corrected chi connectivity index (χ1v) is 9.10. The molecule has 146 valence electrons. The Labute approximate surface area is 157 Å². The van der Waals surface area contributed by atoms with Gasteiger partial charge in [0.05, 0.1) is 24.2 Å². The van der Waals surface area contributed by atoms with Crippen molar-refractivity contribution in [3.05, 3.63) is 48.7 Å². The van der Waals surface area contributed by atoms with Gasteiger partial charge in [-0.3, -0.25) is 19.1 Å². The van der Waals surface area contributed by atoms with Gasteiger partial charge in [0.25, 0.3) is 11.5 Å². The molecule has 3 heterocycles. The maximum atomic E-state index is 12.4. The molecule has 0 bridgehead atoms. The van der Waals surface area contributed by atoms with Crippen molar-refractivity contribution >= 4 is 17.2 Å². The molecule has 10 nitrogen and oxygen atoms in total. The number of hydrogen-bond donors (Lipinski definition) is 4. The number of aryl methyl sites for hydroxylation is 2. The van der Waals surface area contributed by atoms with Gasteiger partial charge in [0.15, 0.2) is 0 Å². The summed E-state index contributed by atoms with van der Waals surface area (Å²) in [6, 6.07) is 0.353. The van der Waals surface area contributed by atoms with Gasteiger partial charge in [0.1, 0.15) is 24.0 Å². The van der Waals surface area contributed by atoms with Crippen molar-refractivity contribution in [2.24, 2.45) is 0 Å². The molecule has 2 aromatic heterocycles. The van der Waals surface area contributed by atoms with Crippen LogP contribution in [0.25, 0.3) is 0 Å². The summed E-state index contributed by atoms with van der Waals surface area (Å²) in [5, 5.41) is 24.1. The largest absolute Gasteiger partial charge is 0.388 e. The van der Waals surface area contributed by atoms with Gasteiger partial charge in [-0.1, -0.05) is 0 Å². The van der Waals surface area contributed by atoms with Crippen LogP contribution < -0.4 is 16.6 Å². The van der Waals surface area contributed by atoms with Crippen LogP contribution in [0.3, 0.4) is 0 Å². The fraction of sp³-hybridized carbons (Fsp3) is 0.500. The van der Waals surface area contributed by atoms with Crippen LogP contribution in [-0.2, 0) is 11.3 Å². The molecule has 2 aromatic rings. The summed E-state index contributed by atoms with van der Waals surface area (Å²) < 4.78 is 6.71. The van der Waals surface area contributed by atoms with Crippen molar-refractivity contribution in [3.8, 4) is 0 Å². The third kappa shape index (κ3) is 4.16. The lowest BCUT2D eigenvalue weighted by Gasteiger charge is -2.38. The Morgan fingerprint density at radius 2 is 2.15 bits per heavy atom. The first-order valence-electron chi connectivity index (χ1n) is 8.28. The van der Waals surface area contributed by atoms with Crippen LogP contribution in [0, 0.1) is 13.8 Å². The minimum Gasteiger partial charge on any atom is -0.388 e. The number of carbonyl (C=O) groups is 1. The van der Waals surface area contributed by atoms with Gasteiger partial charge in [-0.05, 0) is 13.8 Å². The van der Waals surface area contributed by atoms with Gasteiger partial charge in [0.2, 0.25) is 0 Å². The van der Waals surface area contributed by atoms with E-state index in [0.29, 0.717) is 0 Å². The molecule has 4 N–H and O–H groups in total. The number of carbonyl (C=O) groups excluding carboxylic acids is 1. The van der Waals surface area contributed by atoms with E-state index in [-0.39, 0.29) is 18.8 Å². The van der Waals surface area contributed by atoms with E-state index in [1.165, 1.54) is 28.2 Å². The minimum absolute atomic E-state index is 0.0467. The van der Waals surface area contributed by atoms with Gasteiger partial charge >= 0.3 is 5.69 Å². The van der Waals surface area contributed by atoms with Crippen molar-refractivity contribution in [1.29, 1.82) is 0 Å². The second-order valence-electron chi connectivity index (χ2n) is 6.33. The standard InChI is InChI=1S/C16H20N4O6S/c1-7-12(17-8(2)27-7)15(24)18-9-6-26-10(14(23)13(9)22)5-20-4-3-11(21)19-16(20)25/h3-4,9-10,13-14,22-23H,5-6H2,1-2H3,(H,18,24)(H,19,21,25)/t9-,10-,13+,14-/m1/s1. The van der Waals surface area contributed by atoms with E-state index in [9.17, 15) is 24.6 Å². The fourth-order valence-electron chi connectivity index (χ4n) is 2.93. The lowest BCUT2D eigenvalue weighted by atomic mass is 9.97. The maximum Gasteiger partial charge on any atom is 0.328 e. The summed E-state index contributed by atoms with van der Waals surface area (Å²) in [6.45, 7) is 3.47. The van der Waals surface area contributed by atoms with Crippen molar-refractivity contribution < 1.29 is 19.7 Å². The number of thiazole rings is 1. The zero-order chi connectivity index (χ0) is 19.7. The molecule has 27 heavy (non-hydrogen) atoms. The number of H-pyrrole nitrogens is 1. The average molecular weight is 396 g/mol. The number of hydrogen-bond acceptors (Lipinski definition) is 8. The average Bonchev–Trinajstić information content (AvgIpc) is 2.95. The minimum atomic E-state index is -1.33. The van der Waals surface area contributed by atoms with Crippen molar-refractivity contribution in [2.45, 2.75) is 44.7 Å². The molecule has 1 amide bonds. The highest BCUT2D eigenvalue weighted by Crippen LogP contribution is 2.19. The Morgan fingerprint density at radius 3 is 2.78 bits per heavy atom. The monoisotopic (exact) mass is 396 g/mol.